The molecule has 0 amide bonds. The summed E-state index contributed by atoms with van der Waals surface area (Å²) >= 11 is 4.26. The van der Waals surface area contributed by atoms with Crippen LogP contribution in [0.2, 0.25) is 0 Å². The number of hydrogen-bond acceptors (Lipinski definition) is 4. The van der Waals surface area contributed by atoms with Crippen LogP contribution in [-0.4, -0.2) is 13.4 Å². The lowest BCUT2D eigenvalue weighted by molar-refractivity contribution is 0.550. The first-order valence-corrected chi connectivity index (χ1v) is 5.72. The van der Waals surface area contributed by atoms with Crippen molar-refractivity contribution in [2.24, 2.45) is 0 Å². The molecule has 0 aliphatic heterocycles. The average Bonchev–Trinajstić information content (AvgIpc) is 2.12. The minimum Gasteiger partial charge on any atom is -0.247 e. The highest BCUT2D eigenvalue weighted by molar-refractivity contribution is 9.11. The van der Waals surface area contributed by atoms with Crippen molar-refractivity contribution in [3.63, 3.8) is 0 Å². The number of thiazole rings is 1. The fourth-order valence-electron chi connectivity index (χ4n) is 0.512. The molecule has 0 fully saturated rings. The maximum absolute atomic E-state index is 12.0. The van der Waals surface area contributed by atoms with E-state index in [1.165, 1.54) is 16.8 Å². The van der Waals surface area contributed by atoms with Crippen LogP contribution in [0.4, 0.5) is 3.89 Å². The van der Waals surface area contributed by atoms with Crippen LogP contribution in [0.25, 0.3) is 0 Å². The molecule has 1 aromatic rings. The quantitative estimate of drug-likeness (QED) is 0.760. The predicted molar refractivity (Wildman–Crippen MR) is 43.5 cm³/mol. The van der Waals surface area contributed by atoms with Crippen molar-refractivity contribution < 1.29 is 12.3 Å². The Hall–Kier alpha value is -0.0100. The molecule has 7 heteroatoms. The molecule has 62 valence electrons. The van der Waals surface area contributed by atoms with E-state index in [0.29, 0.717) is 3.79 Å². The van der Waals surface area contributed by atoms with Crippen LogP contribution in [-0.2, 0) is 16.0 Å². The molecule has 0 aliphatic carbocycles. The highest BCUT2D eigenvalue weighted by Gasteiger charge is 2.13. The van der Waals surface area contributed by atoms with Gasteiger partial charge in [-0.25, -0.2) is 4.98 Å². The molecule has 0 saturated carbocycles. The minimum absolute atomic E-state index is 0.220. The second kappa shape index (κ2) is 3.16. The normalized spacial score (nSPS) is 11.8. The summed E-state index contributed by atoms with van der Waals surface area (Å²) in [6.07, 6.45) is 0. The lowest BCUT2D eigenvalue weighted by Gasteiger charge is -1.89. The molecule has 0 N–H and O–H groups in total. The summed E-state index contributed by atoms with van der Waals surface area (Å²) in [5, 5.41) is 0. The van der Waals surface area contributed by atoms with Gasteiger partial charge in [-0.1, -0.05) is 0 Å². The fourth-order valence-corrected chi connectivity index (χ4v) is 2.36. The summed E-state index contributed by atoms with van der Waals surface area (Å²) in [6.45, 7) is 0. The third kappa shape index (κ3) is 2.84. The smallest absolute Gasteiger partial charge is 0.247 e. The van der Waals surface area contributed by atoms with E-state index >= 15 is 0 Å². The van der Waals surface area contributed by atoms with E-state index in [2.05, 4.69) is 20.9 Å². The van der Waals surface area contributed by atoms with Crippen LogP contribution in [0.15, 0.2) is 9.30 Å². The summed E-state index contributed by atoms with van der Waals surface area (Å²) in [6, 6.07) is 0. The van der Waals surface area contributed by atoms with Gasteiger partial charge in [-0.15, -0.1) is 15.2 Å². The molecular weight excluding hydrogens is 257 g/mol. The zero-order chi connectivity index (χ0) is 8.48. The molecule has 1 heterocycles. The highest BCUT2D eigenvalue weighted by Crippen LogP contribution is 2.22. The number of aromatic nitrogens is 1. The minimum atomic E-state index is -4.46. The second-order valence-electron chi connectivity index (χ2n) is 1.76. The van der Waals surface area contributed by atoms with Crippen molar-refractivity contribution in [2.45, 2.75) is 5.75 Å². The maximum atomic E-state index is 12.0. The fraction of sp³-hybridized carbons (Fsp3) is 0.250. The Bertz CT molecular complexity index is 347. The zero-order valence-corrected chi connectivity index (χ0v) is 8.34. The van der Waals surface area contributed by atoms with Crippen LogP contribution in [0, 0.1) is 0 Å². The predicted octanol–water partition coefficient (Wildman–Crippen LogP) is 1.70. The van der Waals surface area contributed by atoms with Gasteiger partial charge in [0.1, 0.15) is 5.75 Å². The van der Waals surface area contributed by atoms with Crippen molar-refractivity contribution in [3.05, 3.63) is 15.0 Å². The third-order valence-electron chi connectivity index (χ3n) is 0.901. The van der Waals surface area contributed by atoms with Crippen LogP contribution in [0.3, 0.4) is 0 Å². The van der Waals surface area contributed by atoms with Crippen LogP contribution in [0.1, 0.15) is 5.69 Å². The zero-order valence-electron chi connectivity index (χ0n) is 5.12. The molecular formula is C4H3BrFNO2S2. The molecule has 0 radical (unpaired) electrons. The highest BCUT2D eigenvalue weighted by atomic mass is 79.9. The topological polar surface area (TPSA) is 47.0 Å². The molecule has 0 spiro atoms. The molecule has 0 atom stereocenters. The van der Waals surface area contributed by atoms with Gasteiger partial charge in [0.25, 0.3) is 0 Å². The number of nitrogens with zero attached hydrogens (tertiary/aromatic N) is 1. The van der Waals surface area contributed by atoms with E-state index < -0.39 is 16.0 Å². The van der Waals surface area contributed by atoms with Gasteiger partial charge in [-0.3, -0.25) is 0 Å². The first-order valence-electron chi connectivity index (χ1n) is 2.49. The third-order valence-corrected chi connectivity index (χ3v) is 3.19. The lowest BCUT2D eigenvalue weighted by Crippen LogP contribution is -1.96. The Labute approximate surface area is 75.6 Å². The summed E-state index contributed by atoms with van der Waals surface area (Å²) in [7, 11) is -4.46. The van der Waals surface area contributed by atoms with Crippen molar-refractivity contribution in [1.29, 1.82) is 0 Å². The van der Waals surface area contributed by atoms with Crippen molar-refractivity contribution >= 4 is 37.5 Å². The van der Waals surface area contributed by atoms with E-state index in [0.717, 1.165) is 0 Å². The molecule has 0 bridgehead atoms. The Morgan fingerprint density at radius 1 is 1.73 bits per heavy atom. The van der Waals surface area contributed by atoms with E-state index in [4.69, 9.17) is 0 Å². The maximum Gasteiger partial charge on any atom is 0.308 e. The van der Waals surface area contributed by atoms with E-state index in [1.54, 1.807) is 0 Å². The largest absolute Gasteiger partial charge is 0.308 e. The number of hydrogen-bond donors (Lipinski definition) is 0. The molecule has 3 nitrogen and oxygen atoms in total. The molecule has 11 heavy (non-hydrogen) atoms. The number of halogens is 2. The SMILES string of the molecule is O=S(=O)(F)Cc1ncsc1Br. The van der Waals surface area contributed by atoms with Crippen molar-refractivity contribution in [2.75, 3.05) is 0 Å². The van der Waals surface area contributed by atoms with E-state index in [-0.39, 0.29) is 5.69 Å². The van der Waals surface area contributed by atoms with Crippen molar-refractivity contribution in [1.82, 2.24) is 4.98 Å². The van der Waals surface area contributed by atoms with Gasteiger partial charge in [0, 0.05) is 0 Å². The summed E-state index contributed by atoms with van der Waals surface area (Å²) in [5.74, 6) is -0.656. The monoisotopic (exact) mass is 259 g/mol. The number of rotatable bonds is 2. The van der Waals surface area contributed by atoms with E-state index in [1.807, 2.05) is 0 Å². The Balaban J connectivity index is 2.89. The van der Waals surface area contributed by atoms with Crippen LogP contribution < -0.4 is 0 Å². The van der Waals surface area contributed by atoms with Crippen molar-refractivity contribution in [3.8, 4) is 0 Å². The Morgan fingerprint density at radius 2 is 2.36 bits per heavy atom. The molecule has 0 aliphatic rings. The molecule has 1 rings (SSSR count). The average molecular weight is 260 g/mol. The first-order chi connectivity index (χ1) is 4.99. The summed E-state index contributed by atoms with van der Waals surface area (Å²) in [4.78, 5) is 3.65. The van der Waals surface area contributed by atoms with E-state index in [9.17, 15) is 12.3 Å². The Kier molecular flexibility index (Phi) is 2.61. The molecule has 0 unspecified atom stereocenters. The van der Waals surface area contributed by atoms with Gasteiger partial charge in [0.05, 0.1) is 15.0 Å². The standard InChI is InChI=1S/C4H3BrFNO2S2/c5-4-3(7-2-10-4)1-11(6,8)9/h2H,1H2. The first kappa shape index (κ1) is 9.08. The van der Waals surface area contributed by atoms with Gasteiger partial charge < -0.3 is 0 Å². The second-order valence-corrected chi connectivity index (χ2v) is 5.29. The van der Waals surface area contributed by atoms with Crippen LogP contribution in [0.5, 0.6) is 0 Å². The van der Waals surface area contributed by atoms with Gasteiger partial charge in [-0.2, -0.15) is 8.42 Å². The molecule has 0 saturated heterocycles. The Morgan fingerprint density at radius 3 is 2.73 bits per heavy atom. The summed E-state index contributed by atoms with van der Waals surface area (Å²) in [5.41, 5.74) is 1.67. The van der Waals surface area contributed by atoms with Gasteiger partial charge in [0.15, 0.2) is 0 Å². The van der Waals surface area contributed by atoms with Crippen LogP contribution >= 0.6 is 27.3 Å². The lowest BCUT2D eigenvalue weighted by atomic mass is 10.6. The van der Waals surface area contributed by atoms with Gasteiger partial charge in [0.2, 0.25) is 0 Å². The summed E-state index contributed by atoms with van der Waals surface area (Å²) < 4.78 is 32.9. The van der Waals surface area contributed by atoms with Gasteiger partial charge in [-0.05, 0) is 15.9 Å². The molecule has 1 aromatic heterocycles. The van der Waals surface area contributed by atoms with Gasteiger partial charge >= 0.3 is 10.2 Å². The molecule has 0 aromatic carbocycles.